The third kappa shape index (κ3) is 3.74. The summed E-state index contributed by atoms with van der Waals surface area (Å²) in [5.41, 5.74) is -0.147. The van der Waals surface area contributed by atoms with Crippen molar-refractivity contribution in [3.05, 3.63) is 28.8 Å². The van der Waals surface area contributed by atoms with E-state index in [4.69, 9.17) is 16.9 Å². The summed E-state index contributed by atoms with van der Waals surface area (Å²) in [5, 5.41) is 18.3. The predicted octanol–water partition coefficient (Wildman–Crippen LogP) is 2.24. The van der Waals surface area contributed by atoms with Gasteiger partial charge in [-0.1, -0.05) is 32.4 Å². The van der Waals surface area contributed by atoms with Gasteiger partial charge < -0.3 is 5.11 Å². The van der Waals surface area contributed by atoms with Gasteiger partial charge in [0.15, 0.2) is 0 Å². The summed E-state index contributed by atoms with van der Waals surface area (Å²) in [6.07, 6.45) is 0. The van der Waals surface area contributed by atoms with Crippen LogP contribution >= 0.6 is 11.6 Å². The zero-order chi connectivity index (χ0) is 16.4. The molecule has 0 aliphatic rings. The molecule has 1 aromatic rings. The van der Waals surface area contributed by atoms with Crippen molar-refractivity contribution < 1.29 is 13.5 Å². The summed E-state index contributed by atoms with van der Waals surface area (Å²) in [7, 11) is -2.44. The van der Waals surface area contributed by atoms with Gasteiger partial charge in [0.2, 0.25) is 10.0 Å². The molecule has 0 radical (unpaired) electrons. The van der Waals surface area contributed by atoms with E-state index in [2.05, 4.69) is 0 Å². The van der Waals surface area contributed by atoms with Gasteiger partial charge in [0.25, 0.3) is 0 Å². The minimum Gasteiger partial charge on any atom is -0.395 e. The van der Waals surface area contributed by atoms with Crippen LogP contribution in [0.3, 0.4) is 0 Å². The van der Waals surface area contributed by atoms with Crippen LogP contribution in [0.25, 0.3) is 0 Å². The minimum absolute atomic E-state index is 0.00787. The molecule has 0 amide bonds. The molecule has 0 fully saturated rings. The van der Waals surface area contributed by atoms with Gasteiger partial charge in [-0.25, -0.2) is 8.42 Å². The van der Waals surface area contributed by atoms with Crippen LogP contribution in [0.4, 0.5) is 0 Å². The van der Waals surface area contributed by atoms with E-state index in [0.717, 1.165) is 4.31 Å². The molecule has 1 aromatic carbocycles. The van der Waals surface area contributed by atoms with Gasteiger partial charge in [-0.2, -0.15) is 9.57 Å². The maximum atomic E-state index is 12.6. The molecule has 0 aliphatic carbocycles. The summed E-state index contributed by atoms with van der Waals surface area (Å²) in [5.74, 6) is 0. The van der Waals surface area contributed by atoms with Gasteiger partial charge in [0.1, 0.15) is 4.90 Å². The smallest absolute Gasteiger partial charge is 0.244 e. The highest BCUT2D eigenvalue weighted by molar-refractivity contribution is 7.89. The Morgan fingerprint density at radius 3 is 2.38 bits per heavy atom. The molecule has 0 heterocycles. The maximum absolute atomic E-state index is 12.6. The number of rotatable bonds is 4. The molecular formula is C14H19ClN2O3S. The van der Waals surface area contributed by atoms with Gasteiger partial charge in [0.05, 0.1) is 29.3 Å². The van der Waals surface area contributed by atoms with E-state index in [-0.39, 0.29) is 22.1 Å². The second-order valence-corrected chi connectivity index (χ2v) is 8.22. The molecule has 0 saturated carbocycles. The third-order valence-electron chi connectivity index (χ3n) is 3.33. The highest BCUT2D eigenvalue weighted by Crippen LogP contribution is 2.31. The lowest BCUT2D eigenvalue weighted by atomic mass is 9.87. The molecule has 1 N–H and O–H groups in total. The van der Waals surface area contributed by atoms with E-state index in [1.54, 1.807) is 0 Å². The lowest BCUT2D eigenvalue weighted by Gasteiger charge is -2.36. The first-order valence-corrected chi connectivity index (χ1v) is 8.16. The van der Waals surface area contributed by atoms with Crippen molar-refractivity contribution in [3.8, 4) is 6.07 Å². The second-order valence-electron chi connectivity index (χ2n) is 5.84. The van der Waals surface area contributed by atoms with E-state index in [1.165, 1.54) is 25.2 Å². The number of nitrogens with zero attached hydrogens (tertiary/aromatic N) is 2. The van der Waals surface area contributed by atoms with Crippen LogP contribution < -0.4 is 0 Å². The van der Waals surface area contributed by atoms with Crippen molar-refractivity contribution in [1.29, 1.82) is 5.26 Å². The number of nitriles is 1. The summed E-state index contributed by atoms with van der Waals surface area (Å²) in [4.78, 5) is -0.0756. The third-order valence-corrected chi connectivity index (χ3v) is 5.68. The first-order chi connectivity index (χ1) is 9.55. The number of aliphatic hydroxyl groups excluding tert-OH is 1. The largest absolute Gasteiger partial charge is 0.395 e. The SMILES string of the molecule is CN(C(CO)C(C)(C)C)S(=O)(=O)c1ccc(C#N)cc1Cl. The maximum Gasteiger partial charge on any atom is 0.244 e. The topological polar surface area (TPSA) is 81.4 Å². The van der Waals surface area contributed by atoms with Crippen molar-refractivity contribution in [2.45, 2.75) is 31.7 Å². The molecule has 0 aliphatic heterocycles. The molecule has 0 saturated heterocycles. The normalized spacial score (nSPS) is 14.0. The van der Waals surface area contributed by atoms with Crippen molar-refractivity contribution in [3.63, 3.8) is 0 Å². The Hall–Kier alpha value is -1.13. The Labute approximate surface area is 130 Å². The lowest BCUT2D eigenvalue weighted by Crippen LogP contribution is -2.47. The monoisotopic (exact) mass is 330 g/mol. The van der Waals surface area contributed by atoms with Crippen molar-refractivity contribution in [1.82, 2.24) is 4.31 Å². The molecule has 5 nitrogen and oxygen atoms in total. The summed E-state index contributed by atoms with van der Waals surface area (Å²) in [6.45, 7) is 5.24. The van der Waals surface area contributed by atoms with Crippen molar-refractivity contribution in [2.24, 2.45) is 5.41 Å². The number of likely N-dealkylation sites (N-methyl/N-ethyl adjacent to an activating group) is 1. The first-order valence-electron chi connectivity index (χ1n) is 6.34. The lowest BCUT2D eigenvalue weighted by molar-refractivity contribution is 0.115. The van der Waals surface area contributed by atoms with E-state index < -0.39 is 21.5 Å². The average Bonchev–Trinajstić information content (AvgIpc) is 2.37. The van der Waals surface area contributed by atoms with Gasteiger partial charge >= 0.3 is 0 Å². The van der Waals surface area contributed by atoms with Crippen LogP contribution in [-0.2, 0) is 10.0 Å². The Morgan fingerprint density at radius 1 is 1.43 bits per heavy atom. The zero-order valence-electron chi connectivity index (χ0n) is 12.5. The number of halogens is 1. The van der Waals surface area contributed by atoms with Crippen molar-refractivity contribution >= 4 is 21.6 Å². The molecule has 7 heteroatoms. The molecule has 1 unspecified atom stereocenters. The number of hydrogen-bond donors (Lipinski definition) is 1. The number of hydrogen-bond acceptors (Lipinski definition) is 4. The van der Waals surface area contributed by atoms with Crippen LogP contribution in [0.2, 0.25) is 5.02 Å². The van der Waals surface area contributed by atoms with Crippen LogP contribution in [-0.4, -0.2) is 37.5 Å². The van der Waals surface area contributed by atoms with E-state index >= 15 is 0 Å². The van der Waals surface area contributed by atoms with E-state index in [0.29, 0.717) is 0 Å². The molecular weight excluding hydrogens is 312 g/mol. The second kappa shape index (κ2) is 6.32. The minimum atomic E-state index is -3.86. The molecule has 21 heavy (non-hydrogen) atoms. The summed E-state index contributed by atoms with van der Waals surface area (Å²) >= 11 is 5.98. The molecule has 116 valence electrons. The molecule has 0 aromatic heterocycles. The highest BCUT2D eigenvalue weighted by atomic mass is 35.5. The number of sulfonamides is 1. The molecule has 0 spiro atoms. The zero-order valence-corrected chi connectivity index (χ0v) is 14.0. The quantitative estimate of drug-likeness (QED) is 0.918. The Bertz CT molecular complexity index is 660. The fourth-order valence-electron chi connectivity index (χ4n) is 2.04. The fraction of sp³-hybridized carbons (Fsp3) is 0.500. The molecule has 0 bridgehead atoms. The van der Waals surface area contributed by atoms with Crippen LogP contribution in [0.5, 0.6) is 0 Å². The summed E-state index contributed by atoms with van der Waals surface area (Å²) < 4.78 is 26.4. The van der Waals surface area contributed by atoms with Crippen LogP contribution in [0.1, 0.15) is 26.3 Å². The van der Waals surface area contributed by atoms with E-state index in [1.807, 2.05) is 26.8 Å². The van der Waals surface area contributed by atoms with Crippen LogP contribution in [0, 0.1) is 16.7 Å². The standard InChI is InChI=1S/C14H19ClN2O3S/c1-14(2,3)13(9-18)17(4)21(19,20)12-6-5-10(8-16)7-11(12)15/h5-7,13,18H,9H2,1-4H3. The van der Waals surface area contributed by atoms with Gasteiger partial charge in [-0.15, -0.1) is 0 Å². The van der Waals surface area contributed by atoms with E-state index in [9.17, 15) is 13.5 Å². The Balaban J connectivity index is 3.32. The van der Waals surface area contributed by atoms with Gasteiger partial charge in [0, 0.05) is 7.05 Å². The number of aliphatic hydroxyl groups is 1. The van der Waals surface area contributed by atoms with Gasteiger partial charge in [-0.05, 0) is 23.6 Å². The summed E-state index contributed by atoms with van der Waals surface area (Å²) in [6, 6.07) is 5.33. The first kappa shape index (κ1) is 17.9. The highest BCUT2D eigenvalue weighted by Gasteiger charge is 2.36. The molecule has 1 atom stereocenters. The Kier molecular flexibility index (Phi) is 5.40. The van der Waals surface area contributed by atoms with Crippen molar-refractivity contribution in [2.75, 3.05) is 13.7 Å². The predicted molar refractivity (Wildman–Crippen MR) is 81.4 cm³/mol. The number of benzene rings is 1. The van der Waals surface area contributed by atoms with Gasteiger partial charge in [-0.3, -0.25) is 0 Å². The fourth-order valence-corrected chi connectivity index (χ4v) is 4.08. The Morgan fingerprint density at radius 2 is 2.00 bits per heavy atom. The van der Waals surface area contributed by atoms with Crippen LogP contribution in [0.15, 0.2) is 23.1 Å². The molecule has 1 rings (SSSR count). The average molecular weight is 331 g/mol.